The minimum Gasteiger partial charge on any atom is -0.497 e. The zero-order chi connectivity index (χ0) is 12.4. The number of ether oxygens (including phenoxy) is 2. The van der Waals surface area contributed by atoms with Crippen molar-refractivity contribution < 1.29 is 9.47 Å². The molecule has 0 amide bonds. The number of aromatic nitrogens is 1. The van der Waals surface area contributed by atoms with Gasteiger partial charge in [0.25, 0.3) is 5.19 Å². The van der Waals surface area contributed by atoms with Crippen LogP contribution in [0.4, 0.5) is 0 Å². The van der Waals surface area contributed by atoms with E-state index in [-0.39, 0.29) is 12.4 Å². The van der Waals surface area contributed by atoms with Crippen molar-refractivity contribution in [3.63, 3.8) is 0 Å². The smallest absolute Gasteiger partial charge is 0.274 e. The van der Waals surface area contributed by atoms with Crippen molar-refractivity contribution in [1.29, 1.82) is 0 Å². The molecule has 0 radical (unpaired) electrons. The van der Waals surface area contributed by atoms with E-state index < -0.39 is 0 Å². The fraction of sp³-hybridized carbons (Fsp3) is 0.462. The van der Waals surface area contributed by atoms with Crippen molar-refractivity contribution in [2.75, 3.05) is 20.2 Å². The topological polar surface area (TPSA) is 43.4 Å². The molecular weight excluding hydrogens is 284 g/mol. The minimum atomic E-state index is 0. The first-order chi connectivity index (χ1) is 8.85. The van der Waals surface area contributed by atoms with Crippen LogP contribution in [0.3, 0.4) is 0 Å². The van der Waals surface area contributed by atoms with Crippen molar-refractivity contribution in [2.24, 2.45) is 0 Å². The normalized spacial score (nSPS) is 16.1. The summed E-state index contributed by atoms with van der Waals surface area (Å²) in [5.74, 6) is 0.861. The predicted molar refractivity (Wildman–Crippen MR) is 79.9 cm³/mol. The van der Waals surface area contributed by atoms with E-state index in [1.807, 2.05) is 18.2 Å². The molecule has 1 saturated heterocycles. The molecule has 3 rings (SSSR count). The van der Waals surface area contributed by atoms with E-state index >= 15 is 0 Å². The molecule has 0 atom stereocenters. The molecule has 6 heteroatoms. The highest BCUT2D eigenvalue weighted by atomic mass is 35.5. The Bertz CT molecular complexity index is 540. The predicted octanol–water partition coefficient (Wildman–Crippen LogP) is 2.86. The van der Waals surface area contributed by atoms with E-state index in [2.05, 4.69) is 10.3 Å². The van der Waals surface area contributed by atoms with Crippen LogP contribution >= 0.6 is 23.7 Å². The molecule has 1 aromatic carbocycles. The molecule has 19 heavy (non-hydrogen) atoms. The molecular formula is C13H17ClN2O2S. The van der Waals surface area contributed by atoms with Gasteiger partial charge in [0.15, 0.2) is 0 Å². The quantitative estimate of drug-likeness (QED) is 0.946. The first-order valence-corrected chi connectivity index (χ1v) is 6.99. The lowest BCUT2D eigenvalue weighted by Crippen LogP contribution is -2.34. The van der Waals surface area contributed by atoms with Crippen LogP contribution in [0.1, 0.15) is 12.8 Å². The van der Waals surface area contributed by atoms with Gasteiger partial charge >= 0.3 is 0 Å². The van der Waals surface area contributed by atoms with Gasteiger partial charge in [-0.2, -0.15) is 0 Å². The number of nitrogens with one attached hydrogen (secondary N) is 1. The second-order valence-electron chi connectivity index (χ2n) is 4.38. The Balaban J connectivity index is 0.00000133. The molecule has 1 aromatic heterocycles. The minimum absolute atomic E-state index is 0. The Hall–Kier alpha value is -1.04. The average Bonchev–Trinajstić information content (AvgIpc) is 2.80. The Morgan fingerprint density at radius 1 is 1.32 bits per heavy atom. The summed E-state index contributed by atoms with van der Waals surface area (Å²) in [4.78, 5) is 4.50. The number of benzene rings is 1. The molecule has 0 saturated carbocycles. The number of piperidine rings is 1. The molecule has 2 aromatic rings. The summed E-state index contributed by atoms with van der Waals surface area (Å²) in [7, 11) is 1.68. The number of thiazole rings is 1. The third kappa shape index (κ3) is 3.29. The first-order valence-electron chi connectivity index (χ1n) is 6.17. The summed E-state index contributed by atoms with van der Waals surface area (Å²) in [5.41, 5.74) is 0.977. The third-order valence-corrected chi connectivity index (χ3v) is 4.04. The Labute approximate surface area is 122 Å². The number of hydrogen-bond donors (Lipinski definition) is 1. The standard InChI is InChI=1S/C13H16N2O2S.ClH/c1-16-10-2-3-11-12(8-10)18-13(15-11)17-9-4-6-14-7-5-9;/h2-3,8-9,14H,4-7H2,1H3;1H. The Morgan fingerprint density at radius 3 is 2.84 bits per heavy atom. The van der Waals surface area contributed by atoms with E-state index in [9.17, 15) is 0 Å². The van der Waals surface area contributed by atoms with Crippen LogP contribution in [0, 0.1) is 0 Å². The van der Waals surface area contributed by atoms with Gasteiger partial charge in [-0.1, -0.05) is 11.3 Å². The monoisotopic (exact) mass is 300 g/mol. The number of methoxy groups -OCH3 is 1. The van der Waals surface area contributed by atoms with Gasteiger partial charge in [0.05, 0.1) is 17.3 Å². The summed E-state index contributed by atoms with van der Waals surface area (Å²) in [5, 5.41) is 4.10. The molecule has 1 aliphatic rings. The van der Waals surface area contributed by atoms with Crippen LogP contribution in [-0.4, -0.2) is 31.3 Å². The van der Waals surface area contributed by atoms with Crippen molar-refractivity contribution >= 4 is 34.0 Å². The van der Waals surface area contributed by atoms with Crippen LogP contribution in [-0.2, 0) is 0 Å². The van der Waals surface area contributed by atoms with E-state index in [1.54, 1.807) is 18.4 Å². The fourth-order valence-corrected chi connectivity index (χ4v) is 3.03. The lowest BCUT2D eigenvalue weighted by Gasteiger charge is -2.22. The van der Waals surface area contributed by atoms with Crippen molar-refractivity contribution in [3.8, 4) is 10.9 Å². The van der Waals surface area contributed by atoms with Crippen LogP contribution < -0.4 is 14.8 Å². The summed E-state index contributed by atoms with van der Waals surface area (Å²) < 4.78 is 12.3. The van der Waals surface area contributed by atoms with E-state index in [0.29, 0.717) is 6.10 Å². The number of fused-ring (bicyclic) bond motifs is 1. The molecule has 1 aliphatic heterocycles. The van der Waals surface area contributed by atoms with E-state index in [4.69, 9.17) is 9.47 Å². The molecule has 104 valence electrons. The SMILES string of the molecule is COc1ccc2nc(OC3CCNCC3)sc2c1.Cl. The molecule has 4 nitrogen and oxygen atoms in total. The summed E-state index contributed by atoms with van der Waals surface area (Å²) in [6, 6.07) is 5.90. The Kier molecular flexibility index (Phi) is 4.85. The van der Waals surface area contributed by atoms with Crippen molar-refractivity contribution in [1.82, 2.24) is 10.3 Å². The van der Waals surface area contributed by atoms with Crippen LogP contribution in [0.25, 0.3) is 10.2 Å². The molecule has 1 N–H and O–H groups in total. The fourth-order valence-electron chi connectivity index (χ4n) is 2.12. The number of halogens is 1. The zero-order valence-corrected chi connectivity index (χ0v) is 12.4. The van der Waals surface area contributed by atoms with Gasteiger partial charge in [0.2, 0.25) is 0 Å². The zero-order valence-electron chi connectivity index (χ0n) is 10.7. The molecule has 2 heterocycles. The molecule has 0 bridgehead atoms. The molecule has 0 unspecified atom stereocenters. The second-order valence-corrected chi connectivity index (χ2v) is 5.37. The lowest BCUT2D eigenvalue weighted by atomic mass is 10.1. The van der Waals surface area contributed by atoms with Gasteiger partial charge in [-0.15, -0.1) is 12.4 Å². The van der Waals surface area contributed by atoms with Gasteiger partial charge in [-0.3, -0.25) is 0 Å². The number of rotatable bonds is 3. The van der Waals surface area contributed by atoms with Crippen LogP contribution in [0.15, 0.2) is 18.2 Å². The van der Waals surface area contributed by atoms with E-state index in [0.717, 1.165) is 47.1 Å². The van der Waals surface area contributed by atoms with Gasteiger partial charge in [0, 0.05) is 0 Å². The maximum Gasteiger partial charge on any atom is 0.274 e. The summed E-state index contributed by atoms with van der Waals surface area (Å²) >= 11 is 1.59. The maximum atomic E-state index is 5.94. The van der Waals surface area contributed by atoms with Gasteiger partial charge in [-0.05, 0) is 44.1 Å². The van der Waals surface area contributed by atoms with Crippen molar-refractivity contribution in [3.05, 3.63) is 18.2 Å². The third-order valence-electron chi connectivity index (χ3n) is 3.13. The highest BCUT2D eigenvalue weighted by Crippen LogP contribution is 2.31. The number of nitrogens with zero attached hydrogens (tertiary/aromatic N) is 1. The first kappa shape index (κ1) is 14.4. The van der Waals surface area contributed by atoms with Gasteiger partial charge < -0.3 is 14.8 Å². The Morgan fingerprint density at radius 2 is 2.11 bits per heavy atom. The largest absolute Gasteiger partial charge is 0.497 e. The maximum absolute atomic E-state index is 5.94. The van der Waals surface area contributed by atoms with Gasteiger partial charge in [-0.25, -0.2) is 4.98 Å². The van der Waals surface area contributed by atoms with E-state index in [1.165, 1.54) is 0 Å². The van der Waals surface area contributed by atoms with Crippen molar-refractivity contribution in [2.45, 2.75) is 18.9 Å². The average molecular weight is 301 g/mol. The van der Waals surface area contributed by atoms with Crippen LogP contribution in [0.2, 0.25) is 0 Å². The van der Waals surface area contributed by atoms with Gasteiger partial charge in [0.1, 0.15) is 11.9 Å². The number of hydrogen-bond acceptors (Lipinski definition) is 5. The molecule has 1 fully saturated rings. The highest BCUT2D eigenvalue weighted by Gasteiger charge is 2.16. The van der Waals surface area contributed by atoms with Crippen LogP contribution in [0.5, 0.6) is 10.9 Å². The molecule has 0 spiro atoms. The summed E-state index contributed by atoms with van der Waals surface area (Å²) in [6.07, 6.45) is 2.41. The lowest BCUT2D eigenvalue weighted by molar-refractivity contribution is 0.162. The highest BCUT2D eigenvalue weighted by molar-refractivity contribution is 7.20. The second kappa shape index (κ2) is 6.41. The molecule has 0 aliphatic carbocycles. The summed E-state index contributed by atoms with van der Waals surface area (Å²) in [6.45, 7) is 2.06.